The molecule has 1 aromatic heterocycles. The molecule has 3 N–H and O–H groups in total. The second-order valence-corrected chi connectivity index (χ2v) is 5.69. The number of unbranched alkanes of at least 4 members (excludes halogenated alkanes) is 1. The van der Waals surface area contributed by atoms with Crippen LogP contribution in [0.15, 0.2) is 17.5 Å². The van der Waals surface area contributed by atoms with E-state index < -0.39 is 0 Å². The Morgan fingerprint density at radius 1 is 1.53 bits per heavy atom. The van der Waals surface area contributed by atoms with Gasteiger partial charge in [-0.15, -0.1) is 11.3 Å². The molecule has 4 heteroatoms. The highest BCUT2D eigenvalue weighted by Gasteiger charge is 2.32. The lowest BCUT2D eigenvalue weighted by Crippen LogP contribution is -2.23. The lowest BCUT2D eigenvalue weighted by atomic mass is 10.1. The highest BCUT2D eigenvalue weighted by atomic mass is 32.1. The molecule has 0 saturated heterocycles. The molecule has 1 saturated carbocycles. The molecule has 3 nitrogen and oxygen atoms in total. The average Bonchev–Trinajstić information content (AvgIpc) is 2.98. The molecule has 1 amide bonds. The van der Waals surface area contributed by atoms with Gasteiger partial charge in [0.15, 0.2) is 0 Å². The van der Waals surface area contributed by atoms with Crippen LogP contribution in [0.2, 0.25) is 0 Å². The van der Waals surface area contributed by atoms with Crippen LogP contribution in [0, 0.1) is 5.92 Å². The van der Waals surface area contributed by atoms with E-state index in [4.69, 9.17) is 5.73 Å². The average molecular weight is 252 g/mol. The third-order valence-electron chi connectivity index (χ3n) is 3.16. The van der Waals surface area contributed by atoms with Crippen molar-refractivity contribution >= 4 is 17.2 Å². The van der Waals surface area contributed by atoms with Gasteiger partial charge in [-0.05, 0) is 49.6 Å². The summed E-state index contributed by atoms with van der Waals surface area (Å²) in [5.41, 5.74) is 5.11. The zero-order valence-electron chi connectivity index (χ0n) is 10.0. The van der Waals surface area contributed by atoms with Crippen LogP contribution in [0.5, 0.6) is 0 Å². The van der Waals surface area contributed by atoms with Gasteiger partial charge >= 0.3 is 0 Å². The molecule has 0 spiro atoms. The van der Waals surface area contributed by atoms with Crippen LogP contribution in [0.1, 0.15) is 43.0 Å². The second kappa shape index (κ2) is 6.17. The molecule has 0 bridgehead atoms. The minimum Gasteiger partial charge on any atom is -0.370 e. The molecule has 2 rings (SSSR count). The van der Waals surface area contributed by atoms with Crippen LogP contribution >= 0.6 is 11.3 Å². The Kier molecular flexibility index (Phi) is 4.57. The predicted octanol–water partition coefficient (Wildman–Crippen LogP) is 2.44. The van der Waals surface area contributed by atoms with Crippen molar-refractivity contribution in [2.24, 2.45) is 11.7 Å². The van der Waals surface area contributed by atoms with Crippen molar-refractivity contribution in [3.05, 3.63) is 22.4 Å². The van der Waals surface area contributed by atoms with Gasteiger partial charge < -0.3 is 11.1 Å². The van der Waals surface area contributed by atoms with E-state index in [-0.39, 0.29) is 5.91 Å². The van der Waals surface area contributed by atoms with Crippen molar-refractivity contribution in [3.63, 3.8) is 0 Å². The van der Waals surface area contributed by atoms with Crippen LogP contribution in [0.3, 0.4) is 0 Å². The number of carbonyl (C=O) groups excluding carboxylic acids is 1. The van der Waals surface area contributed by atoms with E-state index in [2.05, 4.69) is 22.8 Å². The summed E-state index contributed by atoms with van der Waals surface area (Å²) in [7, 11) is 0. The Hall–Kier alpha value is -0.870. The highest BCUT2D eigenvalue weighted by Crippen LogP contribution is 2.42. The SMILES string of the molecule is NC(=O)CCCCNC(c1cccs1)C1CC1. The minimum atomic E-state index is -0.193. The normalized spacial score (nSPS) is 16.9. The Balaban J connectivity index is 1.70. The van der Waals surface area contributed by atoms with E-state index in [9.17, 15) is 4.79 Å². The Labute approximate surface area is 106 Å². The van der Waals surface area contributed by atoms with Gasteiger partial charge in [0.25, 0.3) is 0 Å². The van der Waals surface area contributed by atoms with E-state index in [0.717, 1.165) is 25.3 Å². The third kappa shape index (κ3) is 4.13. The number of thiophene rings is 1. The highest BCUT2D eigenvalue weighted by molar-refractivity contribution is 7.10. The first-order valence-electron chi connectivity index (χ1n) is 6.32. The number of rotatable bonds is 8. The monoisotopic (exact) mass is 252 g/mol. The molecule has 1 aliphatic carbocycles. The van der Waals surface area contributed by atoms with E-state index in [1.165, 1.54) is 17.7 Å². The molecule has 0 radical (unpaired) electrons. The molecule has 0 aliphatic heterocycles. The Morgan fingerprint density at radius 2 is 2.35 bits per heavy atom. The number of nitrogens with one attached hydrogen (secondary N) is 1. The molecule has 1 unspecified atom stereocenters. The van der Waals surface area contributed by atoms with Gasteiger partial charge in [0.1, 0.15) is 0 Å². The fraction of sp³-hybridized carbons (Fsp3) is 0.615. The molecule has 1 aliphatic rings. The summed E-state index contributed by atoms with van der Waals surface area (Å²) < 4.78 is 0. The van der Waals surface area contributed by atoms with Crippen molar-refractivity contribution in [2.75, 3.05) is 6.54 Å². The number of amides is 1. The lowest BCUT2D eigenvalue weighted by Gasteiger charge is -2.16. The number of carbonyl (C=O) groups is 1. The summed E-state index contributed by atoms with van der Waals surface area (Å²) >= 11 is 1.83. The van der Waals surface area contributed by atoms with E-state index >= 15 is 0 Å². The molecule has 1 fully saturated rings. The summed E-state index contributed by atoms with van der Waals surface area (Å²) in [6, 6.07) is 4.86. The molecule has 17 heavy (non-hydrogen) atoms. The van der Waals surface area contributed by atoms with E-state index in [0.29, 0.717) is 12.5 Å². The summed E-state index contributed by atoms with van der Waals surface area (Å²) in [4.78, 5) is 12.1. The zero-order valence-corrected chi connectivity index (χ0v) is 10.8. The first-order valence-corrected chi connectivity index (χ1v) is 7.20. The fourth-order valence-electron chi connectivity index (χ4n) is 2.08. The summed E-state index contributed by atoms with van der Waals surface area (Å²) in [6.45, 7) is 0.979. The van der Waals surface area contributed by atoms with Crippen molar-refractivity contribution in [2.45, 2.75) is 38.1 Å². The summed E-state index contributed by atoms with van der Waals surface area (Å²) in [5.74, 6) is 0.631. The Bertz CT molecular complexity index is 346. The largest absolute Gasteiger partial charge is 0.370 e. The third-order valence-corrected chi connectivity index (χ3v) is 4.11. The summed E-state index contributed by atoms with van der Waals surface area (Å²) in [5, 5.41) is 5.75. The van der Waals surface area contributed by atoms with Crippen molar-refractivity contribution < 1.29 is 4.79 Å². The quantitative estimate of drug-likeness (QED) is 0.698. The maximum absolute atomic E-state index is 10.6. The minimum absolute atomic E-state index is 0.193. The van der Waals surface area contributed by atoms with Crippen LogP contribution < -0.4 is 11.1 Å². The van der Waals surface area contributed by atoms with Crippen LogP contribution in [-0.2, 0) is 4.79 Å². The van der Waals surface area contributed by atoms with Gasteiger partial charge in [-0.3, -0.25) is 4.79 Å². The number of hydrogen-bond donors (Lipinski definition) is 2. The van der Waals surface area contributed by atoms with E-state index in [1.54, 1.807) is 0 Å². The molecule has 94 valence electrons. The number of hydrogen-bond acceptors (Lipinski definition) is 3. The molecule has 1 atom stereocenters. The van der Waals surface area contributed by atoms with E-state index in [1.807, 2.05) is 11.3 Å². The van der Waals surface area contributed by atoms with Gasteiger partial charge in [-0.1, -0.05) is 6.07 Å². The molecule has 0 aromatic carbocycles. The van der Waals surface area contributed by atoms with Gasteiger partial charge in [0.2, 0.25) is 5.91 Å². The zero-order chi connectivity index (χ0) is 12.1. The van der Waals surface area contributed by atoms with Gasteiger partial charge in [0, 0.05) is 17.3 Å². The van der Waals surface area contributed by atoms with Crippen molar-refractivity contribution in [1.29, 1.82) is 0 Å². The number of primary amides is 1. The predicted molar refractivity (Wildman–Crippen MR) is 70.8 cm³/mol. The standard InChI is InChI=1S/C13H20N2OS/c14-12(16)5-1-2-8-15-13(10-6-7-10)11-4-3-9-17-11/h3-4,9-10,13,15H,1-2,5-8H2,(H2,14,16). The smallest absolute Gasteiger partial charge is 0.217 e. The molecular weight excluding hydrogens is 232 g/mol. The van der Waals surface area contributed by atoms with Crippen LogP contribution in [0.4, 0.5) is 0 Å². The summed E-state index contributed by atoms with van der Waals surface area (Å²) in [6.07, 6.45) is 5.12. The van der Waals surface area contributed by atoms with Crippen molar-refractivity contribution in [1.82, 2.24) is 5.32 Å². The fourth-order valence-corrected chi connectivity index (χ4v) is 2.97. The maximum Gasteiger partial charge on any atom is 0.217 e. The maximum atomic E-state index is 10.6. The topological polar surface area (TPSA) is 55.1 Å². The Morgan fingerprint density at radius 3 is 2.94 bits per heavy atom. The van der Waals surface area contributed by atoms with Crippen LogP contribution in [-0.4, -0.2) is 12.5 Å². The second-order valence-electron chi connectivity index (χ2n) is 4.71. The molecule has 1 heterocycles. The van der Waals surface area contributed by atoms with Gasteiger partial charge in [0.05, 0.1) is 0 Å². The molecular formula is C13H20N2OS. The molecule has 1 aromatic rings. The van der Waals surface area contributed by atoms with Gasteiger partial charge in [-0.25, -0.2) is 0 Å². The lowest BCUT2D eigenvalue weighted by molar-refractivity contribution is -0.118. The first-order chi connectivity index (χ1) is 8.27. The number of nitrogens with two attached hydrogens (primary N) is 1. The first kappa shape index (κ1) is 12.6. The van der Waals surface area contributed by atoms with Crippen molar-refractivity contribution in [3.8, 4) is 0 Å². The van der Waals surface area contributed by atoms with Gasteiger partial charge in [-0.2, -0.15) is 0 Å². The van der Waals surface area contributed by atoms with Crippen LogP contribution in [0.25, 0.3) is 0 Å².